The summed E-state index contributed by atoms with van der Waals surface area (Å²) in [6.45, 7) is 9.05. The Balaban J connectivity index is 2.82. The van der Waals surface area contributed by atoms with E-state index >= 15 is 0 Å². The lowest BCUT2D eigenvalue weighted by Gasteiger charge is -2.43. The monoisotopic (exact) mass is 242 g/mol. The Kier molecular flexibility index (Phi) is 3.47. The van der Waals surface area contributed by atoms with Crippen LogP contribution < -0.4 is 0 Å². The van der Waals surface area contributed by atoms with E-state index in [0.29, 0.717) is 12.5 Å². The second kappa shape index (κ2) is 3.79. The molecule has 1 aliphatic rings. The highest BCUT2D eigenvalue weighted by Gasteiger charge is 2.42. The first-order chi connectivity index (χ1) is 5.75. The third-order valence-corrected chi connectivity index (χ3v) is 4.23. The van der Waals surface area contributed by atoms with Crippen LogP contribution in [0.25, 0.3) is 0 Å². The molecule has 0 aliphatic carbocycles. The van der Waals surface area contributed by atoms with Crippen molar-refractivity contribution in [2.24, 2.45) is 11.3 Å². The smallest absolute Gasteiger partial charge is 0.282 e. The molecule has 0 amide bonds. The molecule has 2 unspecified atom stereocenters. The zero-order valence-corrected chi connectivity index (χ0v) is 10.9. The third kappa shape index (κ3) is 2.90. The van der Waals surface area contributed by atoms with Crippen molar-refractivity contribution in [3.63, 3.8) is 0 Å². The van der Waals surface area contributed by atoms with Crippen LogP contribution in [0, 0.1) is 11.3 Å². The molecule has 1 rings (SSSR count). The number of rotatable bonds is 1. The Bertz CT molecular complexity index is 242. The molecule has 0 spiro atoms. The molecular formula is C8H16ClO2PS. The Hall–Kier alpha value is 0.860. The van der Waals surface area contributed by atoms with Gasteiger partial charge in [0.2, 0.25) is 0 Å². The van der Waals surface area contributed by atoms with Gasteiger partial charge in [0.05, 0.1) is 12.7 Å². The number of hydrogen-bond donors (Lipinski definition) is 0. The Morgan fingerprint density at radius 1 is 1.54 bits per heavy atom. The molecule has 5 heteroatoms. The van der Waals surface area contributed by atoms with E-state index in [0.717, 1.165) is 0 Å². The van der Waals surface area contributed by atoms with Gasteiger partial charge >= 0.3 is 0 Å². The molecule has 0 aromatic heterocycles. The molecule has 1 aliphatic heterocycles. The third-order valence-electron chi connectivity index (χ3n) is 2.21. The van der Waals surface area contributed by atoms with Crippen molar-refractivity contribution in [2.75, 3.05) is 6.61 Å². The topological polar surface area (TPSA) is 18.5 Å². The van der Waals surface area contributed by atoms with Crippen molar-refractivity contribution < 1.29 is 9.05 Å². The first kappa shape index (κ1) is 11.9. The van der Waals surface area contributed by atoms with Crippen molar-refractivity contribution in [3.8, 4) is 0 Å². The average molecular weight is 243 g/mol. The maximum absolute atomic E-state index is 5.92. The van der Waals surface area contributed by atoms with Crippen LogP contribution in [0.3, 0.4) is 0 Å². The fraction of sp³-hybridized carbons (Fsp3) is 1.00. The van der Waals surface area contributed by atoms with E-state index in [4.69, 9.17) is 32.1 Å². The summed E-state index contributed by atoms with van der Waals surface area (Å²) >= 11 is 10.9. The fourth-order valence-electron chi connectivity index (χ4n) is 1.66. The minimum absolute atomic E-state index is 0.00532. The van der Waals surface area contributed by atoms with Gasteiger partial charge in [0.1, 0.15) is 0 Å². The van der Waals surface area contributed by atoms with Gasteiger partial charge in [-0.1, -0.05) is 27.7 Å². The van der Waals surface area contributed by atoms with Crippen LogP contribution in [0.15, 0.2) is 0 Å². The van der Waals surface area contributed by atoms with E-state index in [2.05, 4.69) is 27.7 Å². The van der Waals surface area contributed by atoms with E-state index < -0.39 is 5.84 Å². The molecule has 0 aromatic carbocycles. The van der Waals surface area contributed by atoms with Crippen LogP contribution >= 0.6 is 17.1 Å². The van der Waals surface area contributed by atoms with E-state index in [1.54, 1.807) is 0 Å². The van der Waals surface area contributed by atoms with E-state index in [1.165, 1.54) is 0 Å². The van der Waals surface area contributed by atoms with Crippen molar-refractivity contribution >= 4 is 28.9 Å². The first-order valence-electron chi connectivity index (χ1n) is 4.37. The van der Waals surface area contributed by atoms with Gasteiger partial charge in [-0.2, -0.15) is 0 Å². The lowest BCUT2D eigenvalue weighted by Crippen LogP contribution is -2.41. The highest BCUT2D eigenvalue weighted by molar-refractivity contribution is 8.22. The standard InChI is InChI=1S/C8H16ClO2PS/c1-6(2)7-8(3,4)5-10-12(9,13)11-7/h6-7H,5H2,1-4H3. The predicted molar refractivity (Wildman–Crippen MR) is 59.6 cm³/mol. The van der Waals surface area contributed by atoms with Gasteiger partial charge in [-0.15, -0.1) is 0 Å². The summed E-state index contributed by atoms with van der Waals surface area (Å²) in [7, 11) is 0. The zero-order chi connectivity index (χ0) is 10.3. The predicted octanol–water partition coefficient (Wildman–Crippen LogP) is 3.55. The van der Waals surface area contributed by atoms with Crippen LogP contribution in [0.5, 0.6) is 0 Å². The van der Waals surface area contributed by atoms with E-state index in [1.807, 2.05) is 0 Å². The zero-order valence-electron chi connectivity index (χ0n) is 8.41. The molecule has 0 aromatic rings. The highest BCUT2D eigenvalue weighted by Crippen LogP contribution is 2.61. The van der Waals surface area contributed by atoms with Gasteiger partial charge in [-0.25, -0.2) is 0 Å². The molecule has 2 nitrogen and oxygen atoms in total. The van der Waals surface area contributed by atoms with Gasteiger partial charge < -0.3 is 9.05 Å². The highest BCUT2D eigenvalue weighted by atomic mass is 35.7. The molecule has 2 atom stereocenters. The van der Waals surface area contributed by atoms with Gasteiger partial charge in [0, 0.05) is 5.41 Å². The average Bonchev–Trinajstić information content (AvgIpc) is 1.95. The van der Waals surface area contributed by atoms with Crippen LogP contribution in [0.4, 0.5) is 0 Å². The summed E-state index contributed by atoms with van der Waals surface area (Å²) in [6, 6.07) is 0. The van der Waals surface area contributed by atoms with Crippen molar-refractivity contribution in [2.45, 2.75) is 33.8 Å². The summed E-state index contributed by atoms with van der Waals surface area (Å²) in [4.78, 5) is 0. The molecule has 0 saturated carbocycles. The van der Waals surface area contributed by atoms with Gasteiger partial charge in [-0.05, 0) is 29.0 Å². The number of halogens is 1. The second-order valence-corrected chi connectivity index (χ2v) is 9.17. The van der Waals surface area contributed by atoms with Crippen molar-refractivity contribution in [1.29, 1.82) is 0 Å². The van der Waals surface area contributed by atoms with Crippen LogP contribution in [-0.4, -0.2) is 12.7 Å². The largest absolute Gasteiger partial charge is 0.317 e. The molecule has 0 bridgehead atoms. The maximum Gasteiger partial charge on any atom is 0.282 e. The Labute approximate surface area is 89.9 Å². The minimum atomic E-state index is -2.47. The summed E-state index contributed by atoms with van der Waals surface area (Å²) in [5.41, 5.74) is 0.00532. The fourth-order valence-corrected chi connectivity index (χ4v) is 3.85. The summed E-state index contributed by atoms with van der Waals surface area (Å²) in [6.07, 6.45) is 0.101. The Morgan fingerprint density at radius 2 is 2.08 bits per heavy atom. The van der Waals surface area contributed by atoms with Crippen molar-refractivity contribution in [3.05, 3.63) is 0 Å². The normalized spacial score (nSPS) is 39.4. The lowest BCUT2D eigenvalue weighted by atomic mass is 9.81. The van der Waals surface area contributed by atoms with Crippen LogP contribution in [0.2, 0.25) is 0 Å². The summed E-state index contributed by atoms with van der Waals surface area (Å²) in [5.74, 6) is -2.05. The van der Waals surface area contributed by atoms with Gasteiger partial charge in [0.25, 0.3) is 5.84 Å². The van der Waals surface area contributed by atoms with Crippen LogP contribution in [-0.2, 0) is 20.9 Å². The first-order valence-corrected chi connectivity index (χ1v) is 7.91. The molecule has 1 heterocycles. The van der Waals surface area contributed by atoms with Gasteiger partial charge in [-0.3, -0.25) is 0 Å². The number of hydrogen-bond acceptors (Lipinski definition) is 3. The molecule has 78 valence electrons. The second-order valence-electron chi connectivity index (χ2n) is 4.46. The summed E-state index contributed by atoms with van der Waals surface area (Å²) in [5, 5.41) is 0. The molecule has 1 fully saturated rings. The Morgan fingerprint density at radius 3 is 2.46 bits per heavy atom. The molecule has 13 heavy (non-hydrogen) atoms. The molecule has 1 saturated heterocycles. The lowest BCUT2D eigenvalue weighted by molar-refractivity contribution is -0.0306. The van der Waals surface area contributed by atoms with Crippen molar-refractivity contribution in [1.82, 2.24) is 0 Å². The molecule has 0 N–H and O–H groups in total. The van der Waals surface area contributed by atoms with Gasteiger partial charge in [0.15, 0.2) is 0 Å². The minimum Gasteiger partial charge on any atom is -0.317 e. The molecular weight excluding hydrogens is 227 g/mol. The van der Waals surface area contributed by atoms with E-state index in [9.17, 15) is 0 Å². The SMILES string of the molecule is CC(C)C1OP(=S)(Cl)OCC1(C)C. The summed E-state index contributed by atoms with van der Waals surface area (Å²) < 4.78 is 10.9. The quantitative estimate of drug-likeness (QED) is 0.656. The maximum atomic E-state index is 5.92. The molecule has 0 radical (unpaired) electrons. The van der Waals surface area contributed by atoms with Crippen LogP contribution in [0.1, 0.15) is 27.7 Å². The van der Waals surface area contributed by atoms with E-state index in [-0.39, 0.29) is 11.5 Å².